The standard InChI is InChI=1S/C15H21N3OS/c1-4-10-16-15(20)18-13-8-6-12(7-9-13)14(19)17-11(3)5-2/h4,6-9,11H,1,5,10H2,2-3H3,(H,17,19)(H2,16,18,20). The molecule has 0 saturated heterocycles. The van der Waals surface area contributed by atoms with E-state index in [1.165, 1.54) is 0 Å². The third kappa shape index (κ3) is 5.40. The molecule has 1 aromatic rings. The summed E-state index contributed by atoms with van der Waals surface area (Å²) in [6, 6.07) is 7.38. The van der Waals surface area contributed by atoms with E-state index in [1.54, 1.807) is 18.2 Å². The lowest BCUT2D eigenvalue weighted by molar-refractivity contribution is 0.0939. The molecular formula is C15H21N3OS. The minimum absolute atomic E-state index is 0.0572. The van der Waals surface area contributed by atoms with Gasteiger partial charge >= 0.3 is 0 Å². The van der Waals surface area contributed by atoms with Gasteiger partial charge in [-0.2, -0.15) is 0 Å². The van der Waals surface area contributed by atoms with Gasteiger partial charge in [0.05, 0.1) is 0 Å². The Labute approximate surface area is 125 Å². The molecular weight excluding hydrogens is 270 g/mol. The van der Waals surface area contributed by atoms with Gasteiger partial charge in [0.15, 0.2) is 5.11 Å². The number of carbonyl (C=O) groups is 1. The van der Waals surface area contributed by atoms with Crippen molar-refractivity contribution >= 4 is 28.9 Å². The van der Waals surface area contributed by atoms with Gasteiger partial charge in [-0.1, -0.05) is 13.0 Å². The summed E-state index contributed by atoms with van der Waals surface area (Å²) in [4.78, 5) is 11.9. The number of thiocarbonyl (C=S) groups is 1. The van der Waals surface area contributed by atoms with Gasteiger partial charge < -0.3 is 16.0 Å². The van der Waals surface area contributed by atoms with Crippen molar-refractivity contribution in [1.82, 2.24) is 10.6 Å². The average molecular weight is 291 g/mol. The fourth-order valence-electron chi connectivity index (χ4n) is 1.45. The SMILES string of the molecule is C=CCNC(=S)Nc1ccc(C(=O)NC(C)CC)cc1. The molecule has 20 heavy (non-hydrogen) atoms. The van der Waals surface area contributed by atoms with E-state index in [-0.39, 0.29) is 11.9 Å². The number of hydrogen-bond acceptors (Lipinski definition) is 2. The van der Waals surface area contributed by atoms with E-state index < -0.39 is 0 Å². The summed E-state index contributed by atoms with van der Waals surface area (Å²) in [6.45, 7) is 8.24. The van der Waals surface area contributed by atoms with Crippen molar-refractivity contribution in [3.8, 4) is 0 Å². The first-order valence-corrected chi connectivity index (χ1v) is 7.04. The van der Waals surface area contributed by atoms with Gasteiger partial charge in [0.25, 0.3) is 5.91 Å². The maximum Gasteiger partial charge on any atom is 0.251 e. The second-order valence-corrected chi connectivity index (χ2v) is 4.89. The fourth-order valence-corrected chi connectivity index (χ4v) is 1.66. The van der Waals surface area contributed by atoms with Gasteiger partial charge in [0, 0.05) is 23.8 Å². The number of rotatable bonds is 6. The monoisotopic (exact) mass is 291 g/mol. The highest BCUT2D eigenvalue weighted by molar-refractivity contribution is 7.80. The Hall–Kier alpha value is -1.88. The van der Waals surface area contributed by atoms with Crippen molar-refractivity contribution in [1.29, 1.82) is 0 Å². The highest BCUT2D eigenvalue weighted by atomic mass is 32.1. The zero-order chi connectivity index (χ0) is 15.0. The minimum atomic E-state index is -0.0572. The third-order valence-electron chi connectivity index (χ3n) is 2.80. The van der Waals surface area contributed by atoms with E-state index in [0.717, 1.165) is 12.1 Å². The summed E-state index contributed by atoms with van der Waals surface area (Å²) in [5, 5.41) is 9.47. The summed E-state index contributed by atoms with van der Waals surface area (Å²) in [5.41, 5.74) is 1.48. The van der Waals surface area contributed by atoms with Crippen LogP contribution in [0.15, 0.2) is 36.9 Å². The normalized spacial score (nSPS) is 11.3. The molecule has 0 fully saturated rings. The molecule has 0 heterocycles. The molecule has 5 heteroatoms. The van der Waals surface area contributed by atoms with Crippen LogP contribution >= 0.6 is 12.2 Å². The van der Waals surface area contributed by atoms with Crippen LogP contribution in [0.2, 0.25) is 0 Å². The fraction of sp³-hybridized carbons (Fsp3) is 0.333. The molecule has 4 nitrogen and oxygen atoms in total. The molecule has 0 bridgehead atoms. The second-order valence-electron chi connectivity index (χ2n) is 4.48. The highest BCUT2D eigenvalue weighted by Gasteiger charge is 2.08. The van der Waals surface area contributed by atoms with Crippen LogP contribution in [0, 0.1) is 0 Å². The molecule has 0 aliphatic heterocycles. The van der Waals surface area contributed by atoms with Crippen LogP contribution in [0.25, 0.3) is 0 Å². The summed E-state index contributed by atoms with van der Waals surface area (Å²) >= 11 is 5.11. The van der Waals surface area contributed by atoms with E-state index in [4.69, 9.17) is 12.2 Å². The Morgan fingerprint density at radius 3 is 2.60 bits per heavy atom. The van der Waals surface area contributed by atoms with Crippen LogP contribution < -0.4 is 16.0 Å². The van der Waals surface area contributed by atoms with Gasteiger partial charge in [-0.25, -0.2) is 0 Å². The number of carbonyl (C=O) groups excluding carboxylic acids is 1. The number of benzene rings is 1. The Balaban J connectivity index is 2.57. The molecule has 1 unspecified atom stereocenters. The highest BCUT2D eigenvalue weighted by Crippen LogP contribution is 2.09. The zero-order valence-corrected chi connectivity index (χ0v) is 12.7. The van der Waals surface area contributed by atoms with Crippen molar-refractivity contribution in [2.75, 3.05) is 11.9 Å². The van der Waals surface area contributed by atoms with Gasteiger partial charge in [0.2, 0.25) is 0 Å². The van der Waals surface area contributed by atoms with Gasteiger partial charge in [-0.05, 0) is 49.8 Å². The van der Waals surface area contributed by atoms with E-state index >= 15 is 0 Å². The van der Waals surface area contributed by atoms with Gasteiger partial charge in [-0.15, -0.1) is 6.58 Å². The summed E-state index contributed by atoms with van der Waals surface area (Å²) in [7, 11) is 0. The number of amides is 1. The molecule has 0 aliphatic carbocycles. The van der Waals surface area contributed by atoms with Crippen LogP contribution in [-0.2, 0) is 0 Å². The van der Waals surface area contributed by atoms with Crippen LogP contribution in [0.1, 0.15) is 30.6 Å². The first-order valence-electron chi connectivity index (χ1n) is 6.63. The molecule has 0 aromatic heterocycles. The molecule has 1 atom stereocenters. The van der Waals surface area contributed by atoms with Crippen molar-refractivity contribution < 1.29 is 4.79 Å². The Kier molecular flexibility index (Phi) is 6.73. The molecule has 0 saturated carbocycles. The zero-order valence-electron chi connectivity index (χ0n) is 11.9. The van der Waals surface area contributed by atoms with Crippen LogP contribution in [0.5, 0.6) is 0 Å². The predicted octanol–water partition coefficient (Wildman–Crippen LogP) is 2.69. The van der Waals surface area contributed by atoms with Crippen molar-refractivity contribution in [2.45, 2.75) is 26.3 Å². The summed E-state index contributed by atoms with van der Waals surface area (Å²) < 4.78 is 0. The van der Waals surface area contributed by atoms with E-state index in [1.807, 2.05) is 26.0 Å². The topological polar surface area (TPSA) is 53.2 Å². The Morgan fingerprint density at radius 1 is 1.40 bits per heavy atom. The molecule has 0 radical (unpaired) electrons. The van der Waals surface area contributed by atoms with Crippen LogP contribution in [-0.4, -0.2) is 23.6 Å². The van der Waals surface area contributed by atoms with Crippen LogP contribution in [0.3, 0.4) is 0 Å². The third-order valence-corrected chi connectivity index (χ3v) is 3.05. The van der Waals surface area contributed by atoms with Crippen LogP contribution in [0.4, 0.5) is 5.69 Å². The van der Waals surface area contributed by atoms with E-state index in [2.05, 4.69) is 22.5 Å². The lowest BCUT2D eigenvalue weighted by atomic mass is 10.1. The lowest BCUT2D eigenvalue weighted by Crippen LogP contribution is -2.32. The number of nitrogens with one attached hydrogen (secondary N) is 3. The largest absolute Gasteiger partial charge is 0.359 e. The molecule has 1 rings (SSSR count). The number of anilines is 1. The Morgan fingerprint density at radius 2 is 2.05 bits per heavy atom. The molecule has 1 aromatic carbocycles. The number of hydrogen-bond donors (Lipinski definition) is 3. The van der Waals surface area contributed by atoms with Gasteiger partial charge in [-0.3, -0.25) is 4.79 Å². The first-order chi connectivity index (χ1) is 9.56. The quantitative estimate of drug-likeness (QED) is 0.557. The summed E-state index contributed by atoms with van der Waals surface area (Å²) in [5.74, 6) is -0.0572. The lowest BCUT2D eigenvalue weighted by Gasteiger charge is -2.12. The van der Waals surface area contributed by atoms with Gasteiger partial charge in [0.1, 0.15) is 0 Å². The van der Waals surface area contributed by atoms with E-state index in [9.17, 15) is 4.79 Å². The average Bonchev–Trinajstić information content (AvgIpc) is 2.45. The maximum absolute atomic E-state index is 11.9. The molecule has 1 amide bonds. The van der Waals surface area contributed by atoms with E-state index in [0.29, 0.717) is 17.2 Å². The smallest absolute Gasteiger partial charge is 0.251 e. The summed E-state index contributed by atoms with van der Waals surface area (Å²) in [6.07, 6.45) is 2.64. The molecule has 0 spiro atoms. The maximum atomic E-state index is 11.9. The Bertz CT molecular complexity index is 471. The molecule has 108 valence electrons. The second kappa shape index (κ2) is 8.32. The van der Waals surface area contributed by atoms with Crippen molar-refractivity contribution in [2.24, 2.45) is 0 Å². The van der Waals surface area contributed by atoms with Crippen molar-refractivity contribution in [3.05, 3.63) is 42.5 Å². The first kappa shape index (κ1) is 16.2. The molecule has 0 aliphatic rings. The predicted molar refractivity (Wildman–Crippen MR) is 88.1 cm³/mol. The molecule has 3 N–H and O–H groups in total. The minimum Gasteiger partial charge on any atom is -0.359 e. The van der Waals surface area contributed by atoms with Crippen molar-refractivity contribution in [3.63, 3.8) is 0 Å².